The van der Waals surface area contributed by atoms with Crippen LogP contribution >= 0.6 is 0 Å². The maximum Gasteiger partial charge on any atom is 0.252 e. The molecule has 132 valence electrons. The monoisotopic (exact) mass is 346 g/mol. The van der Waals surface area contributed by atoms with E-state index in [9.17, 15) is 4.79 Å². The number of nitrogens with zero attached hydrogens (tertiary/aromatic N) is 1. The summed E-state index contributed by atoms with van der Waals surface area (Å²) in [6, 6.07) is 17.9. The van der Waals surface area contributed by atoms with Gasteiger partial charge >= 0.3 is 0 Å². The first-order valence-electron chi connectivity index (χ1n) is 9.07. The van der Waals surface area contributed by atoms with Gasteiger partial charge in [0, 0.05) is 24.1 Å². The van der Waals surface area contributed by atoms with Crippen LogP contribution in [0, 0.1) is 6.92 Å². The fourth-order valence-electron chi connectivity index (χ4n) is 3.34. The third-order valence-corrected chi connectivity index (χ3v) is 4.82. The number of carbonyl (C=O) groups excluding carboxylic acids is 1. The molecule has 2 aromatic carbocycles. The molecule has 0 bridgehead atoms. The Labute approximate surface area is 153 Å². The van der Waals surface area contributed by atoms with Crippen LogP contribution < -0.4 is 5.32 Å². The molecule has 1 amide bonds. The van der Waals surface area contributed by atoms with E-state index in [1.807, 2.05) is 42.5 Å². The van der Waals surface area contributed by atoms with Gasteiger partial charge in [-0.25, -0.2) is 4.98 Å². The smallest absolute Gasteiger partial charge is 0.252 e. The second-order valence-corrected chi connectivity index (χ2v) is 6.78. The number of benzene rings is 2. The number of ether oxygens (including phenoxy) is 1. The van der Waals surface area contributed by atoms with E-state index in [4.69, 9.17) is 9.72 Å². The summed E-state index contributed by atoms with van der Waals surface area (Å²) < 4.78 is 5.60. The SMILES string of the molecule is Cc1ccc(-c2cc(C(=O)NCC3CCCO3)c3ccccc3n2)cc1. The van der Waals surface area contributed by atoms with E-state index in [0.29, 0.717) is 12.1 Å². The third kappa shape index (κ3) is 3.46. The van der Waals surface area contributed by atoms with Gasteiger partial charge in [0.25, 0.3) is 5.91 Å². The summed E-state index contributed by atoms with van der Waals surface area (Å²) in [5.74, 6) is -0.0764. The van der Waals surface area contributed by atoms with Crippen molar-refractivity contribution in [3.8, 4) is 11.3 Å². The van der Waals surface area contributed by atoms with Crippen LogP contribution in [0.3, 0.4) is 0 Å². The van der Waals surface area contributed by atoms with Crippen molar-refractivity contribution in [2.75, 3.05) is 13.2 Å². The number of nitrogens with one attached hydrogen (secondary N) is 1. The Balaban J connectivity index is 1.69. The zero-order chi connectivity index (χ0) is 17.9. The van der Waals surface area contributed by atoms with Crippen LogP contribution in [0.1, 0.15) is 28.8 Å². The first-order valence-corrected chi connectivity index (χ1v) is 9.07. The van der Waals surface area contributed by atoms with Crippen molar-refractivity contribution < 1.29 is 9.53 Å². The lowest BCUT2D eigenvalue weighted by Gasteiger charge is -2.13. The van der Waals surface area contributed by atoms with Gasteiger partial charge in [-0.3, -0.25) is 4.79 Å². The Morgan fingerprint density at radius 2 is 2.00 bits per heavy atom. The molecule has 1 atom stereocenters. The highest BCUT2D eigenvalue weighted by molar-refractivity contribution is 6.07. The van der Waals surface area contributed by atoms with E-state index in [2.05, 4.69) is 24.4 Å². The van der Waals surface area contributed by atoms with Crippen molar-refractivity contribution in [2.24, 2.45) is 0 Å². The Hall–Kier alpha value is -2.72. The van der Waals surface area contributed by atoms with Gasteiger partial charge in [-0.2, -0.15) is 0 Å². The minimum Gasteiger partial charge on any atom is -0.376 e. The molecule has 4 nitrogen and oxygen atoms in total. The first kappa shape index (κ1) is 16.7. The van der Waals surface area contributed by atoms with Crippen molar-refractivity contribution in [3.05, 3.63) is 65.7 Å². The molecule has 4 heteroatoms. The van der Waals surface area contributed by atoms with Crippen molar-refractivity contribution in [1.82, 2.24) is 10.3 Å². The van der Waals surface area contributed by atoms with E-state index >= 15 is 0 Å². The molecule has 2 heterocycles. The van der Waals surface area contributed by atoms with Crippen LogP contribution in [0.25, 0.3) is 22.2 Å². The molecule has 0 aliphatic carbocycles. The molecule has 1 aliphatic rings. The molecule has 1 fully saturated rings. The molecule has 1 aromatic heterocycles. The molecule has 1 aliphatic heterocycles. The summed E-state index contributed by atoms with van der Waals surface area (Å²) in [7, 11) is 0. The number of rotatable bonds is 4. The standard InChI is InChI=1S/C22H22N2O2/c1-15-8-10-16(11-9-15)21-13-19(18-6-2-3-7-20(18)24-21)22(25)23-14-17-5-4-12-26-17/h2-3,6-11,13,17H,4-5,12,14H2,1H3,(H,23,25). The molecule has 3 aromatic rings. The third-order valence-electron chi connectivity index (χ3n) is 4.82. The van der Waals surface area contributed by atoms with E-state index in [1.54, 1.807) is 0 Å². The Bertz CT molecular complexity index is 929. The largest absolute Gasteiger partial charge is 0.376 e. The average Bonchev–Trinajstić information content (AvgIpc) is 3.19. The molecular weight excluding hydrogens is 324 g/mol. The summed E-state index contributed by atoms with van der Waals surface area (Å²) >= 11 is 0. The van der Waals surface area contributed by atoms with Gasteiger partial charge in [0.05, 0.1) is 22.9 Å². The fourth-order valence-corrected chi connectivity index (χ4v) is 3.34. The van der Waals surface area contributed by atoms with E-state index in [1.165, 1.54) is 5.56 Å². The molecule has 4 rings (SSSR count). The highest BCUT2D eigenvalue weighted by Gasteiger charge is 2.18. The van der Waals surface area contributed by atoms with Gasteiger partial charge in [0.15, 0.2) is 0 Å². The van der Waals surface area contributed by atoms with Gasteiger partial charge in [0.1, 0.15) is 0 Å². The normalized spacial score (nSPS) is 16.7. The van der Waals surface area contributed by atoms with Gasteiger partial charge in [-0.1, -0.05) is 48.0 Å². The lowest BCUT2D eigenvalue weighted by Crippen LogP contribution is -2.31. The second kappa shape index (κ2) is 7.26. The zero-order valence-electron chi connectivity index (χ0n) is 14.9. The molecule has 1 N–H and O–H groups in total. The summed E-state index contributed by atoms with van der Waals surface area (Å²) in [4.78, 5) is 17.6. The number of amides is 1. The van der Waals surface area contributed by atoms with Gasteiger partial charge < -0.3 is 10.1 Å². The molecular formula is C22H22N2O2. The van der Waals surface area contributed by atoms with Crippen LogP contribution in [0.5, 0.6) is 0 Å². The number of hydrogen-bond donors (Lipinski definition) is 1. The quantitative estimate of drug-likeness (QED) is 0.773. The topological polar surface area (TPSA) is 51.2 Å². The van der Waals surface area contributed by atoms with Gasteiger partial charge in [-0.15, -0.1) is 0 Å². The van der Waals surface area contributed by atoms with Crippen molar-refractivity contribution in [1.29, 1.82) is 0 Å². The zero-order valence-corrected chi connectivity index (χ0v) is 14.9. The average molecular weight is 346 g/mol. The molecule has 26 heavy (non-hydrogen) atoms. The summed E-state index contributed by atoms with van der Waals surface area (Å²) in [5, 5.41) is 3.90. The molecule has 0 radical (unpaired) electrons. The van der Waals surface area contributed by atoms with Crippen LogP contribution in [0.4, 0.5) is 0 Å². The number of carbonyl (C=O) groups is 1. The van der Waals surface area contributed by atoms with Gasteiger partial charge in [0.2, 0.25) is 0 Å². The van der Waals surface area contributed by atoms with Crippen molar-refractivity contribution >= 4 is 16.8 Å². The maximum atomic E-state index is 12.9. The number of fused-ring (bicyclic) bond motifs is 1. The highest BCUT2D eigenvalue weighted by Crippen LogP contribution is 2.25. The first-order chi connectivity index (χ1) is 12.7. The van der Waals surface area contributed by atoms with Crippen molar-refractivity contribution in [3.63, 3.8) is 0 Å². The Kier molecular flexibility index (Phi) is 4.67. The lowest BCUT2D eigenvalue weighted by atomic mass is 10.0. The number of hydrogen-bond acceptors (Lipinski definition) is 3. The Morgan fingerprint density at radius 3 is 2.77 bits per heavy atom. The van der Waals surface area contributed by atoms with Crippen LogP contribution in [0.2, 0.25) is 0 Å². The number of para-hydroxylation sites is 1. The van der Waals surface area contributed by atoms with Gasteiger partial charge in [-0.05, 0) is 31.9 Å². The Morgan fingerprint density at radius 1 is 1.19 bits per heavy atom. The number of aromatic nitrogens is 1. The highest BCUT2D eigenvalue weighted by atomic mass is 16.5. The fraction of sp³-hybridized carbons (Fsp3) is 0.273. The maximum absolute atomic E-state index is 12.9. The molecule has 0 spiro atoms. The van der Waals surface area contributed by atoms with E-state index in [-0.39, 0.29) is 12.0 Å². The molecule has 1 unspecified atom stereocenters. The summed E-state index contributed by atoms with van der Waals surface area (Å²) in [5.41, 5.74) is 4.50. The lowest BCUT2D eigenvalue weighted by molar-refractivity contribution is 0.0859. The van der Waals surface area contributed by atoms with Crippen LogP contribution in [-0.4, -0.2) is 30.1 Å². The number of pyridine rings is 1. The minimum absolute atomic E-state index is 0.0764. The van der Waals surface area contributed by atoms with Crippen LogP contribution in [-0.2, 0) is 4.74 Å². The second-order valence-electron chi connectivity index (χ2n) is 6.78. The summed E-state index contributed by atoms with van der Waals surface area (Å²) in [6.45, 7) is 3.40. The van der Waals surface area contributed by atoms with Crippen LogP contribution in [0.15, 0.2) is 54.6 Å². The number of aryl methyl sites for hydroxylation is 1. The molecule has 0 saturated carbocycles. The van der Waals surface area contributed by atoms with E-state index in [0.717, 1.165) is 41.6 Å². The predicted molar refractivity (Wildman–Crippen MR) is 103 cm³/mol. The summed E-state index contributed by atoms with van der Waals surface area (Å²) in [6.07, 6.45) is 2.20. The van der Waals surface area contributed by atoms with Crippen molar-refractivity contribution in [2.45, 2.75) is 25.9 Å². The predicted octanol–water partition coefficient (Wildman–Crippen LogP) is 4.12. The minimum atomic E-state index is -0.0764. The van der Waals surface area contributed by atoms with E-state index < -0.39 is 0 Å². The molecule has 1 saturated heterocycles.